The number of fused-ring (bicyclic) bond motifs is 3. The molecule has 378 valence electrons. The zero-order valence-corrected chi connectivity index (χ0v) is 44.8. The van der Waals surface area contributed by atoms with Crippen molar-refractivity contribution in [2.45, 2.75) is 66.6 Å². The number of nitrogens with two attached hydrogens (primary N) is 2. The van der Waals surface area contributed by atoms with Gasteiger partial charge < -0.3 is 36.5 Å². The summed E-state index contributed by atoms with van der Waals surface area (Å²) in [6.07, 6.45) is 3.01. The highest BCUT2D eigenvalue weighted by atomic mass is 79.9. The number of anilines is 3. The van der Waals surface area contributed by atoms with Crippen LogP contribution < -0.4 is 16.8 Å². The van der Waals surface area contributed by atoms with Crippen molar-refractivity contribution in [2.24, 2.45) is 0 Å². The molecule has 14 nitrogen and oxygen atoms in total. The van der Waals surface area contributed by atoms with Crippen LogP contribution in [0.1, 0.15) is 107 Å². The standard InChI is InChI=1S/C21H19BrN2O3.C15H17NO2.C11H9NO2.C6H4BrNO2.C4H8/c1-21(2,3)27-20(26)15-8-4-6-13-7-5-9-16(18(13)15)24-19(25)17-11-10-14(22)12-23-17;1-15(2,3)18-14(17)11-8-4-6-10-7-5-9-12(16)13(10)11;12-9-6-2-4-7-3-1-5-8(10(7)9)11(13)14;7-4-1-2-5(6(9)10)8-3-4;1-4(2)3/h4-12H,1-3H3,(H,24,25);4-9H,16H2,1-3H3;1-6H,12H2,(H,13,14);1-3H,(H,9,10);1H2,2-3H3. The van der Waals surface area contributed by atoms with Crippen molar-refractivity contribution in [3.8, 4) is 0 Å². The molecule has 8 rings (SSSR count). The van der Waals surface area contributed by atoms with Crippen molar-refractivity contribution in [3.63, 3.8) is 0 Å². The van der Waals surface area contributed by atoms with E-state index in [-0.39, 0.29) is 28.8 Å². The Morgan fingerprint density at radius 3 is 1.26 bits per heavy atom. The zero-order valence-electron chi connectivity index (χ0n) is 41.6. The van der Waals surface area contributed by atoms with Gasteiger partial charge in [-0.15, -0.1) is 6.58 Å². The van der Waals surface area contributed by atoms with Crippen LogP contribution >= 0.6 is 31.9 Å². The van der Waals surface area contributed by atoms with Crippen molar-refractivity contribution < 1.29 is 43.7 Å². The van der Waals surface area contributed by atoms with Crippen LogP contribution in [0, 0.1) is 0 Å². The SMILES string of the molecule is C=C(C)C.CC(C)(C)OC(=O)c1cccc2cccc(N)c12.CC(C)(C)OC(=O)c1cccc2cccc(NC(=O)c3ccc(Br)cn3)c12.Nc1cccc2cccc(C(=O)O)c12.O=C(O)c1ccc(Br)cn1. The first-order valence-electron chi connectivity index (χ1n) is 22.4. The van der Waals surface area contributed by atoms with Crippen LogP contribution in [0.2, 0.25) is 0 Å². The van der Waals surface area contributed by atoms with Gasteiger partial charge in [0.15, 0.2) is 0 Å². The number of nitrogen functional groups attached to an aromatic ring is 2. The number of aromatic nitrogens is 2. The lowest BCUT2D eigenvalue weighted by molar-refractivity contribution is 0.00593. The molecule has 0 aliphatic carbocycles. The summed E-state index contributed by atoms with van der Waals surface area (Å²) in [6.45, 7) is 18.5. The van der Waals surface area contributed by atoms with Gasteiger partial charge in [-0.05, 0) is 164 Å². The fourth-order valence-electron chi connectivity index (χ4n) is 6.57. The molecule has 7 N–H and O–H groups in total. The number of carboxylic acid groups (broad SMARTS) is 2. The van der Waals surface area contributed by atoms with Crippen LogP contribution in [-0.2, 0) is 9.47 Å². The third kappa shape index (κ3) is 17.7. The van der Waals surface area contributed by atoms with Crippen molar-refractivity contribution >= 4 is 111 Å². The van der Waals surface area contributed by atoms with E-state index in [2.05, 4.69) is 53.7 Å². The summed E-state index contributed by atoms with van der Waals surface area (Å²) in [5.41, 5.74) is 14.9. The van der Waals surface area contributed by atoms with Crippen molar-refractivity contribution in [3.05, 3.63) is 195 Å². The second-order valence-electron chi connectivity index (χ2n) is 18.2. The van der Waals surface area contributed by atoms with Crippen molar-refractivity contribution in [1.82, 2.24) is 9.97 Å². The average molecular weight is 1120 g/mol. The number of carboxylic acids is 2. The maximum atomic E-state index is 12.7. The number of esters is 2. The molecule has 0 fully saturated rings. The van der Waals surface area contributed by atoms with Crippen LogP contribution in [0.5, 0.6) is 0 Å². The third-order valence-electron chi connectivity index (χ3n) is 9.40. The topological polar surface area (TPSA) is 234 Å². The summed E-state index contributed by atoms with van der Waals surface area (Å²) in [7, 11) is 0. The van der Waals surface area contributed by atoms with Gasteiger partial charge in [0.2, 0.25) is 0 Å². The average Bonchev–Trinajstić information content (AvgIpc) is 3.31. The number of amides is 1. The zero-order chi connectivity index (χ0) is 54.2. The maximum Gasteiger partial charge on any atom is 0.354 e. The number of hydrogen-bond acceptors (Lipinski definition) is 11. The van der Waals surface area contributed by atoms with E-state index in [1.165, 1.54) is 17.8 Å². The van der Waals surface area contributed by atoms with E-state index < -0.39 is 29.1 Å². The second-order valence-corrected chi connectivity index (χ2v) is 20.0. The molecule has 0 spiro atoms. The van der Waals surface area contributed by atoms with Crippen LogP contribution in [0.4, 0.5) is 17.1 Å². The maximum absolute atomic E-state index is 12.7. The molecular weight excluding hydrogens is 1060 g/mol. The molecule has 0 aliphatic rings. The minimum Gasteiger partial charge on any atom is -0.478 e. The van der Waals surface area contributed by atoms with Gasteiger partial charge in [-0.25, -0.2) is 29.1 Å². The Morgan fingerprint density at radius 1 is 0.521 bits per heavy atom. The molecule has 0 aliphatic heterocycles. The quantitative estimate of drug-likeness (QED) is 0.0593. The smallest absolute Gasteiger partial charge is 0.354 e. The van der Waals surface area contributed by atoms with Gasteiger partial charge in [0.05, 0.1) is 16.7 Å². The minimum atomic E-state index is -1.01. The molecule has 0 unspecified atom stereocenters. The van der Waals surface area contributed by atoms with Crippen LogP contribution in [-0.4, -0.2) is 61.2 Å². The van der Waals surface area contributed by atoms with E-state index in [9.17, 15) is 24.0 Å². The molecule has 0 saturated carbocycles. The Hall–Kier alpha value is -7.95. The number of rotatable bonds is 6. The first-order valence-corrected chi connectivity index (χ1v) is 24.0. The van der Waals surface area contributed by atoms with Crippen LogP contribution in [0.15, 0.2) is 167 Å². The lowest BCUT2D eigenvalue weighted by Gasteiger charge is -2.20. The number of benzene rings is 6. The predicted molar refractivity (Wildman–Crippen MR) is 297 cm³/mol. The van der Waals surface area contributed by atoms with Crippen LogP contribution in [0.3, 0.4) is 0 Å². The summed E-state index contributed by atoms with van der Waals surface area (Å²) < 4.78 is 12.5. The molecular formula is C57H57Br2N5O9. The molecule has 73 heavy (non-hydrogen) atoms. The Morgan fingerprint density at radius 2 is 0.877 bits per heavy atom. The first-order chi connectivity index (χ1) is 34.3. The van der Waals surface area contributed by atoms with E-state index in [4.69, 9.17) is 31.2 Å². The van der Waals surface area contributed by atoms with Gasteiger partial charge in [0, 0.05) is 54.6 Å². The third-order valence-corrected chi connectivity index (χ3v) is 10.3. The summed E-state index contributed by atoms with van der Waals surface area (Å²) >= 11 is 6.44. The number of carbonyl (C=O) groups is 5. The van der Waals surface area contributed by atoms with Crippen LogP contribution in [0.25, 0.3) is 32.3 Å². The Kier molecular flexibility index (Phi) is 20.5. The number of allylic oxidation sites excluding steroid dienone is 1. The summed E-state index contributed by atoms with van der Waals surface area (Å²) in [6, 6.07) is 38.9. The van der Waals surface area contributed by atoms with E-state index in [1.807, 2.05) is 116 Å². The molecule has 0 radical (unpaired) electrons. The number of nitrogens with one attached hydrogen (secondary N) is 1. The highest BCUT2D eigenvalue weighted by Crippen LogP contribution is 2.30. The number of halogens is 2. The Bertz CT molecular complexity index is 3260. The molecule has 1 amide bonds. The predicted octanol–water partition coefficient (Wildman–Crippen LogP) is 13.8. The minimum absolute atomic E-state index is 0.0585. The number of nitrogens with zero attached hydrogens (tertiary/aromatic N) is 2. The van der Waals surface area contributed by atoms with Gasteiger partial charge in [-0.3, -0.25) is 4.79 Å². The summed E-state index contributed by atoms with van der Waals surface area (Å²) in [5.74, 6) is -3.09. The fraction of sp³-hybridized carbons (Fsp3) is 0.175. The summed E-state index contributed by atoms with van der Waals surface area (Å²) in [5, 5.41) is 24.8. The monoisotopic (exact) mass is 1110 g/mol. The molecule has 8 aromatic rings. The van der Waals surface area contributed by atoms with Gasteiger partial charge in [-0.1, -0.05) is 78.4 Å². The van der Waals surface area contributed by atoms with E-state index in [0.29, 0.717) is 39.0 Å². The normalized spacial score (nSPS) is 10.6. The van der Waals surface area contributed by atoms with E-state index in [1.54, 1.807) is 72.9 Å². The lowest BCUT2D eigenvalue weighted by atomic mass is 10.0. The van der Waals surface area contributed by atoms with Gasteiger partial charge >= 0.3 is 23.9 Å². The summed E-state index contributed by atoms with van der Waals surface area (Å²) in [4.78, 5) is 66.3. The molecule has 2 heterocycles. The van der Waals surface area contributed by atoms with Gasteiger partial charge in [-0.2, -0.15) is 0 Å². The number of hydrogen-bond donors (Lipinski definition) is 5. The first kappa shape index (κ1) is 57.6. The number of ether oxygens (including phenoxy) is 2. The highest BCUT2D eigenvalue weighted by molar-refractivity contribution is 9.10. The molecule has 16 heteroatoms. The molecule has 0 atom stereocenters. The second kappa shape index (κ2) is 26.0. The molecule has 2 aromatic heterocycles. The fourth-order valence-corrected chi connectivity index (χ4v) is 7.04. The van der Waals surface area contributed by atoms with Gasteiger partial charge in [0.25, 0.3) is 5.91 Å². The molecule has 0 bridgehead atoms. The Labute approximate surface area is 440 Å². The Balaban J connectivity index is 0.000000218. The van der Waals surface area contributed by atoms with E-state index >= 15 is 0 Å². The van der Waals surface area contributed by atoms with Crippen molar-refractivity contribution in [2.75, 3.05) is 16.8 Å². The highest BCUT2D eigenvalue weighted by Gasteiger charge is 2.23. The number of aromatic carboxylic acids is 2. The largest absolute Gasteiger partial charge is 0.478 e. The van der Waals surface area contributed by atoms with Gasteiger partial charge in [0.1, 0.15) is 22.6 Å². The number of pyridine rings is 2. The van der Waals surface area contributed by atoms with Crippen molar-refractivity contribution in [1.29, 1.82) is 0 Å². The molecule has 6 aromatic carbocycles. The molecule has 0 saturated heterocycles. The lowest BCUT2D eigenvalue weighted by Crippen LogP contribution is -2.24. The number of carbonyl (C=O) groups excluding carboxylic acids is 3. The van der Waals surface area contributed by atoms with E-state index in [0.717, 1.165) is 30.5 Å².